The molecule has 2 heterocycles. The minimum atomic E-state index is -1.27. The number of guanidine groups is 1. The molecule has 27 heavy (non-hydrogen) atoms. The summed E-state index contributed by atoms with van der Waals surface area (Å²) < 4.78 is 19.6. The van der Waals surface area contributed by atoms with E-state index in [9.17, 15) is 14.3 Å². The number of carbonyl (C=O) groups excluding carboxylic acids is 1. The normalized spacial score (nSPS) is 24.0. The summed E-state index contributed by atoms with van der Waals surface area (Å²) in [5, 5.41) is 9.86. The van der Waals surface area contributed by atoms with Crippen molar-refractivity contribution in [3.8, 4) is 16.9 Å². The van der Waals surface area contributed by atoms with Crippen molar-refractivity contribution in [3.63, 3.8) is 0 Å². The van der Waals surface area contributed by atoms with Crippen LogP contribution in [0.1, 0.15) is 12.0 Å². The fourth-order valence-corrected chi connectivity index (χ4v) is 3.85. The Morgan fingerprint density at radius 3 is 2.78 bits per heavy atom. The van der Waals surface area contributed by atoms with Gasteiger partial charge >= 0.3 is 0 Å². The Morgan fingerprint density at radius 1 is 1.37 bits per heavy atom. The Kier molecular flexibility index (Phi) is 4.09. The summed E-state index contributed by atoms with van der Waals surface area (Å²) in [5.41, 5.74) is 6.38. The molecule has 2 atom stereocenters. The largest absolute Gasteiger partial charge is 0.488 e. The number of aliphatic hydroxyl groups excluding tert-OH is 1. The SMILES string of the molecule is CN1C(=O)[C@]2(CC(CO)Oc3ccc(-c4cc(F)cc(Cl)c4)cc32)N=C1N. The van der Waals surface area contributed by atoms with E-state index in [-0.39, 0.29) is 29.9 Å². The van der Waals surface area contributed by atoms with Gasteiger partial charge in [-0.1, -0.05) is 17.7 Å². The topological polar surface area (TPSA) is 88.2 Å². The lowest BCUT2D eigenvalue weighted by molar-refractivity contribution is -0.132. The van der Waals surface area contributed by atoms with Crippen LogP contribution in [-0.4, -0.2) is 41.6 Å². The predicted octanol–water partition coefficient (Wildman–Crippen LogP) is 2.27. The lowest BCUT2D eigenvalue weighted by Crippen LogP contribution is -2.46. The third kappa shape index (κ3) is 2.74. The maximum absolute atomic E-state index is 13.8. The first-order chi connectivity index (χ1) is 12.8. The molecule has 4 rings (SSSR count). The number of ether oxygens (including phenoxy) is 1. The van der Waals surface area contributed by atoms with E-state index in [2.05, 4.69) is 4.99 Å². The van der Waals surface area contributed by atoms with Gasteiger partial charge in [-0.2, -0.15) is 0 Å². The third-order valence-corrected chi connectivity index (χ3v) is 5.17. The van der Waals surface area contributed by atoms with Crippen LogP contribution in [0.15, 0.2) is 41.4 Å². The summed E-state index contributed by atoms with van der Waals surface area (Å²) in [6, 6.07) is 9.39. The zero-order chi connectivity index (χ0) is 19.3. The van der Waals surface area contributed by atoms with Crippen molar-refractivity contribution in [2.24, 2.45) is 10.7 Å². The van der Waals surface area contributed by atoms with Crippen molar-refractivity contribution < 1.29 is 19.0 Å². The molecule has 8 heteroatoms. The number of hydrogen-bond donors (Lipinski definition) is 2. The van der Waals surface area contributed by atoms with E-state index < -0.39 is 17.5 Å². The van der Waals surface area contributed by atoms with Crippen LogP contribution in [-0.2, 0) is 10.3 Å². The molecule has 0 fully saturated rings. The second-order valence-electron chi connectivity index (χ2n) is 6.69. The minimum absolute atomic E-state index is 0.101. The number of rotatable bonds is 2. The predicted molar refractivity (Wildman–Crippen MR) is 99.0 cm³/mol. The number of halogens is 2. The average Bonchev–Trinajstić information content (AvgIpc) is 2.85. The number of hydrogen-bond acceptors (Lipinski definition) is 5. The molecule has 0 aromatic heterocycles. The third-order valence-electron chi connectivity index (χ3n) is 4.95. The Hall–Kier alpha value is -2.64. The molecular formula is C19H17ClFN3O3. The fraction of sp³-hybridized carbons (Fsp3) is 0.263. The highest BCUT2D eigenvalue weighted by molar-refractivity contribution is 6.30. The van der Waals surface area contributed by atoms with Crippen LogP contribution >= 0.6 is 11.6 Å². The van der Waals surface area contributed by atoms with Crippen LogP contribution in [0.5, 0.6) is 5.75 Å². The first kappa shape index (κ1) is 17.8. The van der Waals surface area contributed by atoms with E-state index in [1.807, 2.05) is 0 Å². The molecule has 1 unspecified atom stereocenters. The Morgan fingerprint density at radius 2 is 2.15 bits per heavy atom. The lowest BCUT2D eigenvalue weighted by atomic mass is 9.80. The highest BCUT2D eigenvalue weighted by Crippen LogP contribution is 2.47. The van der Waals surface area contributed by atoms with E-state index in [1.54, 1.807) is 31.3 Å². The molecule has 3 N–H and O–H groups in total. The fourth-order valence-electron chi connectivity index (χ4n) is 3.63. The van der Waals surface area contributed by atoms with Crippen molar-refractivity contribution in [2.45, 2.75) is 18.1 Å². The molecule has 0 saturated carbocycles. The number of aliphatic imine (C=N–C) groups is 1. The molecule has 2 aliphatic heterocycles. The summed E-state index contributed by atoms with van der Waals surface area (Å²) in [7, 11) is 1.55. The Balaban J connectivity index is 1.90. The number of nitrogens with two attached hydrogens (primary N) is 1. The summed E-state index contributed by atoms with van der Waals surface area (Å²) in [4.78, 5) is 18.7. The zero-order valence-electron chi connectivity index (χ0n) is 14.4. The number of fused-ring (bicyclic) bond motifs is 2. The van der Waals surface area contributed by atoms with Crippen molar-refractivity contribution in [1.29, 1.82) is 0 Å². The monoisotopic (exact) mass is 389 g/mol. The molecule has 2 aromatic carbocycles. The van der Waals surface area contributed by atoms with Gasteiger partial charge in [0.2, 0.25) is 0 Å². The second kappa shape index (κ2) is 6.21. The molecule has 0 radical (unpaired) electrons. The summed E-state index contributed by atoms with van der Waals surface area (Å²) >= 11 is 5.97. The number of carbonyl (C=O) groups is 1. The Labute approximate surface area is 160 Å². The van der Waals surface area contributed by atoms with E-state index in [0.717, 1.165) is 0 Å². The maximum atomic E-state index is 13.8. The molecule has 0 aliphatic carbocycles. The maximum Gasteiger partial charge on any atom is 0.261 e. The van der Waals surface area contributed by atoms with Gasteiger partial charge in [-0.15, -0.1) is 0 Å². The van der Waals surface area contributed by atoms with E-state index in [0.29, 0.717) is 22.4 Å². The number of benzene rings is 2. The quantitative estimate of drug-likeness (QED) is 0.824. The summed E-state index contributed by atoms with van der Waals surface area (Å²) in [6.45, 7) is -0.255. The summed E-state index contributed by atoms with van der Waals surface area (Å²) in [6.07, 6.45) is -0.424. The molecular weight excluding hydrogens is 373 g/mol. The van der Waals surface area contributed by atoms with Crippen molar-refractivity contribution in [2.75, 3.05) is 13.7 Å². The van der Waals surface area contributed by atoms with Gasteiger partial charge < -0.3 is 15.6 Å². The van der Waals surface area contributed by atoms with Crippen molar-refractivity contribution in [1.82, 2.24) is 4.90 Å². The van der Waals surface area contributed by atoms with Gasteiger partial charge in [-0.25, -0.2) is 9.38 Å². The van der Waals surface area contributed by atoms with Gasteiger partial charge in [0.05, 0.1) is 6.61 Å². The van der Waals surface area contributed by atoms with Gasteiger partial charge in [0.25, 0.3) is 5.91 Å². The van der Waals surface area contributed by atoms with E-state index in [1.165, 1.54) is 17.0 Å². The number of aliphatic hydroxyl groups is 1. The van der Waals surface area contributed by atoms with Gasteiger partial charge in [-0.3, -0.25) is 9.69 Å². The Bertz CT molecular complexity index is 960. The molecule has 1 spiro atoms. The van der Waals surface area contributed by atoms with Crippen LogP contribution < -0.4 is 10.5 Å². The molecule has 140 valence electrons. The van der Waals surface area contributed by atoms with Gasteiger partial charge in [0.15, 0.2) is 11.5 Å². The highest BCUT2D eigenvalue weighted by Gasteiger charge is 2.53. The average molecular weight is 390 g/mol. The molecule has 0 bridgehead atoms. The first-order valence-corrected chi connectivity index (χ1v) is 8.74. The van der Waals surface area contributed by atoms with E-state index >= 15 is 0 Å². The van der Waals surface area contributed by atoms with Gasteiger partial charge in [-0.05, 0) is 41.5 Å². The second-order valence-corrected chi connectivity index (χ2v) is 7.13. The molecule has 1 amide bonds. The smallest absolute Gasteiger partial charge is 0.261 e. The van der Waals surface area contributed by atoms with Crippen molar-refractivity contribution in [3.05, 3.63) is 52.8 Å². The molecule has 0 saturated heterocycles. The number of likely N-dealkylation sites (N-methyl/N-ethyl adjacent to an activating group) is 1. The lowest BCUT2D eigenvalue weighted by Gasteiger charge is -2.36. The number of amides is 1. The van der Waals surface area contributed by atoms with Gasteiger partial charge in [0, 0.05) is 24.1 Å². The van der Waals surface area contributed by atoms with E-state index in [4.69, 9.17) is 22.1 Å². The molecule has 2 aliphatic rings. The first-order valence-electron chi connectivity index (χ1n) is 8.36. The minimum Gasteiger partial charge on any atom is -0.488 e. The number of nitrogens with zero attached hydrogens (tertiary/aromatic N) is 2. The standard InChI is InChI=1S/C19H17ClFN3O3/c1-24-17(26)19(23-18(24)22)8-14(9-25)27-16-3-2-10(6-15(16)19)11-4-12(20)7-13(21)5-11/h2-7,14,25H,8-9H2,1H3,(H2,22,23)/t14?,19-/m1/s1. The molecule has 2 aromatic rings. The van der Waals surface area contributed by atoms with Crippen LogP contribution in [0.2, 0.25) is 5.02 Å². The summed E-state index contributed by atoms with van der Waals surface area (Å²) in [5.74, 6) is -0.214. The zero-order valence-corrected chi connectivity index (χ0v) is 15.2. The highest BCUT2D eigenvalue weighted by atomic mass is 35.5. The van der Waals surface area contributed by atoms with Crippen LogP contribution in [0, 0.1) is 5.82 Å². The van der Waals surface area contributed by atoms with Gasteiger partial charge in [0.1, 0.15) is 17.7 Å². The van der Waals surface area contributed by atoms with Crippen LogP contribution in [0.25, 0.3) is 11.1 Å². The van der Waals surface area contributed by atoms with Crippen LogP contribution in [0.4, 0.5) is 4.39 Å². The van der Waals surface area contributed by atoms with Crippen molar-refractivity contribution >= 4 is 23.5 Å². The molecule has 6 nitrogen and oxygen atoms in total. The van der Waals surface area contributed by atoms with Crippen LogP contribution in [0.3, 0.4) is 0 Å².